The van der Waals surface area contributed by atoms with Gasteiger partial charge in [-0.2, -0.15) is 16.7 Å². The smallest absolute Gasteiger partial charge is 0.472 e. The van der Waals surface area contributed by atoms with Gasteiger partial charge in [0, 0.05) is 77.1 Å². The average molecular weight is 1190 g/mol. The van der Waals surface area contributed by atoms with Crippen LogP contribution in [0.4, 0.5) is 11.6 Å². The third kappa shape index (κ3) is 17.1. The highest BCUT2D eigenvalue weighted by molar-refractivity contribution is 8.00. The average Bonchev–Trinajstić information content (AvgIpc) is 4.46. The van der Waals surface area contributed by atoms with Crippen LogP contribution in [0.2, 0.25) is 0 Å². The molecule has 0 aliphatic carbocycles. The Morgan fingerprint density at radius 1 is 0.963 bits per heavy atom. The number of amides is 3. The molecule has 1 aromatic carbocycles. The molecule has 7 heterocycles. The van der Waals surface area contributed by atoms with Crippen LogP contribution in [-0.4, -0.2) is 203 Å². The summed E-state index contributed by atoms with van der Waals surface area (Å²) in [7, 11) is 0.0827. The van der Waals surface area contributed by atoms with Gasteiger partial charge in [0.25, 0.3) is 0 Å². The highest BCUT2D eigenvalue weighted by Crippen LogP contribution is 2.49. The van der Waals surface area contributed by atoms with Gasteiger partial charge in [-0.05, 0) is 67.5 Å². The standard InChI is InChI=1S/C52H77N12O16PS/c1-62(2)48-46-49(57-30-56-48)64(31-58-46)51-47(68)45(61-50(69)35(53)24-32-10-12-34(73-3)13-11-32)38(79-51)28-77-81(71,72)80-36-26-43(78-37(36)27-65)63-17-14-40(59-52(63)70)54-15-6-18-74-20-22-76-23-21-75-19-7-16-55-41(66)9-5-4-8-39-44-33(29-82-39)25-42(67)60-44/h10-14,17,30-31,33,35-39,43-45,47,51,65,68H,4-9,15-16,18-29,53H2,1-3H3,(H,55,66)(H,60,67)(H,61,69)(H,71,72)(H,54,59,70)/t33?,35?,36-,37-,38-,39?,43-,44?,45+,47?,51-/m1/s1. The summed E-state index contributed by atoms with van der Waals surface area (Å²) in [5, 5.41) is 34.3. The van der Waals surface area contributed by atoms with E-state index in [1.165, 1.54) is 35.1 Å². The minimum atomic E-state index is -5.01. The summed E-state index contributed by atoms with van der Waals surface area (Å²) in [6.45, 7) is 2.25. The number of anilines is 2. The number of nitrogens with zero attached hydrogens (tertiary/aromatic N) is 7. The first-order chi connectivity index (χ1) is 39.6. The Balaban J connectivity index is 0.712. The van der Waals surface area contributed by atoms with Crippen LogP contribution in [-0.2, 0) is 58.1 Å². The molecule has 12 atom stereocenters. The number of unbranched alkanes of at least 4 members (excludes halogenated alkanes) is 1. The molecule has 6 unspecified atom stereocenters. The lowest BCUT2D eigenvalue weighted by atomic mass is 9.97. The minimum Gasteiger partial charge on any atom is -0.497 e. The highest BCUT2D eigenvalue weighted by Gasteiger charge is 2.49. The van der Waals surface area contributed by atoms with E-state index in [4.69, 9.17) is 43.2 Å². The van der Waals surface area contributed by atoms with E-state index in [0.29, 0.717) is 124 Å². The Morgan fingerprint density at radius 3 is 2.43 bits per heavy atom. The molecule has 3 amide bonds. The number of aromatic nitrogens is 6. The van der Waals surface area contributed by atoms with Crippen molar-refractivity contribution < 1.29 is 71.5 Å². The van der Waals surface area contributed by atoms with Crippen molar-refractivity contribution in [2.75, 3.05) is 103 Å². The van der Waals surface area contributed by atoms with Crippen molar-refractivity contribution in [3.8, 4) is 5.75 Å². The molecule has 4 aliphatic heterocycles. The maximum absolute atomic E-state index is 13.6. The molecule has 4 aliphatic rings. The van der Waals surface area contributed by atoms with Crippen LogP contribution >= 0.6 is 19.6 Å². The number of hydrogen-bond acceptors (Lipinski definition) is 23. The van der Waals surface area contributed by atoms with Crippen molar-refractivity contribution in [2.45, 2.75) is 118 Å². The number of benzene rings is 1. The van der Waals surface area contributed by atoms with Gasteiger partial charge >= 0.3 is 13.5 Å². The fourth-order valence-corrected chi connectivity index (χ4v) is 12.8. The molecular weight excluding hydrogens is 1110 g/mol. The Bertz CT molecular complexity index is 2820. The molecule has 28 nitrogen and oxygen atoms in total. The predicted molar refractivity (Wildman–Crippen MR) is 299 cm³/mol. The number of nitrogens with two attached hydrogens (primary N) is 1. The maximum atomic E-state index is 13.6. The number of ether oxygens (including phenoxy) is 6. The summed E-state index contributed by atoms with van der Waals surface area (Å²) in [5.74, 6) is 2.50. The molecule has 4 aromatic rings. The maximum Gasteiger partial charge on any atom is 0.472 e. The number of carbonyl (C=O) groups is 3. The molecule has 30 heteroatoms. The van der Waals surface area contributed by atoms with Crippen molar-refractivity contribution in [1.82, 2.24) is 45.0 Å². The number of phosphoric ester groups is 1. The van der Waals surface area contributed by atoms with Gasteiger partial charge < -0.3 is 75.4 Å². The van der Waals surface area contributed by atoms with E-state index in [9.17, 15) is 38.8 Å². The third-order valence-electron chi connectivity index (χ3n) is 14.5. The number of nitrogens with one attached hydrogen (secondary N) is 4. The molecule has 0 radical (unpaired) electrons. The monoisotopic (exact) mass is 1190 g/mol. The van der Waals surface area contributed by atoms with Crippen LogP contribution in [0.1, 0.15) is 69.4 Å². The molecule has 8 rings (SSSR count). The minimum absolute atomic E-state index is 0.0485. The zero-order valence-corrected chi connectivity index (χ0v) is 48.0. The number of methoxy groups -OCH3 is 1. The quantitative estimate of drug-likeness (QED) is 0.0237. The molecule has 0 spiro atoms. The second-order valence-electron chi connectivity index (χ2n) is 20.6. The lowest BCUT2D eigenvalue weighted by Gasteiger charge is -2.25. The SMILES string of the molecule is COc1ccc(CC(N)C(=O)N[C@@H]2C(O)[C@H](n3cnc4c(N(C)C)ncnc43)O[C@@H]2COP(=O)(O)O[C@@H]2C[C@H](n3ccc(NCCCOCCOCCOCCCNC(=O)CCCCC4SCC5CC(=O)NC54)nc3=O)O[C@@H]2CO)cc1. The summed E-state index contributed by atoms with van der Waals surface area (Å²) in [6, 6.07) is 6.56. The van der Waals surface area contributed by atoms with Gasteiger partial charge in [0.1, 0.15) is 48.5 Å². The van der Waals surface area contributed by atoms with E-state index in [2.05, 4.69) is 41.2 Å². The molecule has 0 saturated carbocycles. The first-order valence-corrected chi connectivity index (χ1v) is 30.2. The Labute approximate surface area is 478 Å². The first-order valence-electron chi connectivity index (χ1n) is 27.6. The predicted octanol–water partition coefficient (Wildman–Crippen LogP) is 0.792. The van der Waals surface area contributed by atoms with E-state index in [1.54, 1.807) is 49.3 Å². The summed E-state index contributed by atoms with van der Waals surface area (Å²) in [4.78, 5) is 80.6. The third-order valence-corrected chi connectivity index (χ3v) is 17.1. The Hall–Kier alpha value is -5.40. The van der Waals surface area contributed by atoms with E-state index in [0.717, 1.165) is 30.6 Å². The number of thioether (sulfide) groups is 1. The highest BCUT2D eigenvalue weighted by atomic mass is 32.2. The largest absolute Gasteiger partial charge is 0.497 e. The van der Waals surface area contributed by atoms with Crippen LogP contribution in [0.25, 0.3) is 11.2 Å². The lowest BCUT2D eigenvalue weighted by molar-refractivity contribution is -0.124. The van der Waals surface area contributed by atoms with Crippen molar-refractivity contribution in [3.63, 3.8) is 0 Å². The normalized spacial score (nSPS) is 25.2. The van der Waals surface area contributed by atoms with Gasteiger partial charge in [-0.3, -0.25) is 32.6 Å². The molecule has 4 fully saturated rings. The number of aliphatic hydroxyl groups excluding tert-OH is 2. The van der Waals surface area contributed by atoms with Crippen LogP contribution in [0.3, 0.4) is 0 Å². The number of imidazole rings is 1. The summed E-state index contributed by atoms with van der Waals surface area (Å²) in [5.41, 5.74) is 7.10. The zero-order valence-electron chi connectivity index (χ0n) is 46.3. The number of hydrogen-bond donors (Lipinski definition) is 8. The lowest BCUT2D eigenvalue weighted by Crippen LogP contribution is -2.53. The fourth-order valence-electron chi connectivity index (χ4n) is 10.2. The molecule has 452 valence electrons. The van der Waals surface area contributed by atoms with E-state index >= 15 is 0 Å². The molecule has 0 bridgehead atoms. The van der Waals surface area contributed by atoms with Crippen LogP contribution in [0.15, 0.2) is 54.0 Å². The fraction of sp³-hybridized carbons (Fsp3) is 0.654. The van der Waals surface area contributed by atoms with Crippen molar-refractivity contribution >= 4 is 60.1 Å². The number of fused-ring (bicyclic) bond motifs is 2. The molecule has 82 heavy (non-hydrogen) atoms. The van der Waals surface area contributed by atoms with Gasteiger partial charge in [0.05, 0.1) is 65.2 Å². The Morgan fingerprint density at radius 2 is 1.71 bits per heavy atom. The van der Waals surface area contributed by atoms with Crippen molar-refractivity contribution in [1.29, 1.82) is 0 Å². The van der Waals surface area contributed by atoms with Gasteiger partial charge in [-0.15, -0.1) is 0 Å². The molecular formula is C52H77N12O16PS. The van der Waals surface area contributed by atoms with Crippen molar-refractivity contribution in [3.05, 3.63) is 65.2 Å². The summed E-state index contributed by atoms with van der Waals surface area (Å²) in [6.07, 6.45) is 2.08. The van der Waals surface area contributed by atoms with Gasteiger partial charge in [-0.1, -0.05) is 18.6 Å². The number of rotatable bonds is 34. The zero-order chi connectivity index (χ0) is 58.2. The van der Waals surface area contributed by atoms with E-state index < -0.39 is 81.6 Å². The summed E-state index contributed by atoms with van der Waals surface area (Å²) < 4.78 is 61.5. The van der Waals surface area contributed by atoms with Crippen molar-refractivity contribution in [2.24, 2.45) is 11.7 Å². The number of phosphoric acid groups is 1. The summed E-state index contributed by atoms with van der Waals surface area (Å²) >= 11 is 1.94. The second-order valence-corrected chi connectivity index (χ2v) is 23.3. The van der Waals surface area contributed by atoms with Gasteiger partial charge in [-0.25, -0.2) is 24.3 Å². The van der Waals surface area contributed by atoms with E-state index in [-0.39, 0.29) is 24.7 Å². The van der Waals surface area contributed by atoms with Gasteiger partial charge in [0.15, 0.2) is 23.2 Å². The number of carbonyl (C=O) groups excluding carboxylic acids is 3. The molecule has 3 aromatic heterocycles. The van der Waals surface area contributed by atoms with E-state index in [1.807, 2.05) is 11.8 Å². The first kappa shape index (κ1) is 62.6. The van der Waals surface area contributed by atoms with Crippen LogP contribution in [0.5, 0.6) is 5.75 Å². The van der Waals surface area contributed by atoms with Crippen LogP contribution < -0.4 is 42.3 Å². The number of aliphatic hydroxyl groups is 2. The van der Waals surface area contributed by atoms with Crippen LogP contribution in [0, 0.1) is 5.92 Å². The molecule has 9 N–H and O–H groups in total. The second kappa shape index (κ2) is 30.4. The Kier molecular flexibility index (Phi) is 23.2. The topological polar surface area (TPSA) is 359 Å². The van der Waals surface area contributed by atoms with Gasteiger partial charge in [0.2, 0.25) is 17.7 Å². The molecule has 4 saturated heterocycles.